The molecule has 0 amide bonds. The minimum Gasteiger partial charge on any atom is -0.460 e. The molecular formula is C14H26Cl2N2O2S. The molecule has 0 fully saturated rings. The SMILES string of the molecule is Cc1nc(C)c(COC(=O)C[C@@H](CN)CC(C)C)s1.Cl.Cl. The number of nitrogens with two attached hydrogens (primary N) is 1. The first-order valence-corrected chi connectivity index (χ1v) is 7.52. The van der Waals surface area contributed by atoms with Crippen molar-refractivity contribution < 1.29 is 9.53 Å². The van der Waals surface area contributed by atoms with Crippen LogP contribution in [-0.4, -0.2) is 17.5 Å². The molecule has 0 bridgehead atoms. The molecule has 0 aliphatic heterocycles. The quantitative estimate of drug-likeness (QED) is 0.757. The molecule has 0 aromatic carbocycles. The highest BCUT2D eigenvalue weighted by Crippen LogP contribution is 2.19. The summed E-state index contributed by atoms with van der Waals surface area (Å²) in [6.45, 7) is 9.03. The van der Waals surface area contributed by atoms with E-state index in [0.29, 0.717) is 25.5 Å². The minimum atomic E-state index is -0.165. The van der Waals surface area contributed by atoms with Crippen LogP contribution in [0.1, 0.15) is 42.3 Å². The van der Waals surface area contributed by atoms with E-state index in [1.807, 2.05) is 13.8 Å². The third kappa shape index (κ3) is 8.61. The average Bonchev–Trinajstić information content (AvgIpc) is 2.63. The molecule has 0 saturated carbocycles. The normalized spacial score (nSPS) is 11.5. The van der Waals surface area contributed by atoms with Crippen molar-refractivity contribution in [2.45, 2.75) is 47.1 Å². The number of halogens is 2. The first-order valence-electron chi connectivity index (χ1n) is 6.71. The molecule has 0 saturated heterocycles. The standard InChI is InChI=1S/C14H24N2O2S.2ClH/c1-9(2)5-12(7-15)6-14(17)18-8-13-10(3)16-11(4)19-13;;/h9,12H,5-8,15H2,1-4H3;2*1H/t12-;;/m0../s1. The van der Waals surface area contributed by atoms with Crippen LogP contribution in [0, 0.1) is 25.7 Å². The van der Waals surface area contributed by atoms with E-state index in [1.165, 1.54) is 0 Å². The summed E-state index contributed by atoms with van der Waals surface area (Å²) in [6.07, 6.45) is 1.37. The molecule has 0 aliphatic rings. The zero-order valence-electron chi connectivity index (χ0n) is 13.0. The summed E-state index contributed by atoms with van der Waals surface area (Å²) in [6, 6.07) is 0. The van der Waals surface area contributed by atoms with Crippen molar-refractivity contribution in [2.75, 3.05) is 6.54 Å². The number of carbonyl (C=O) groups excluding carboxylic acids is 1. The summed E-state index contributed by atoms with van der Waals surface area (Å²) in [5.74, 6) is 0.603. The van der Waals surface area contributed by atoms with Crippen LogP contribution in [0.25, 0.3) is 0 Å². The maximum absolute atomic E-state index is 11.8. The van der Waals surface area contributed by atoms with Gasteiger partial charge in [0.05, 0.1) is 15.6 Å². The molecule has 0 aliphatic carbocycles. The summed E-state index contributed by atoms with van der Waals surface area (Å²) in [4.78, 5) is 17.1. The van der Waals surface area contributed by atoms with Gasteiger partial charge in [0.15, 0.2) is 0 Å². The molecule has 21 heavy (non-hydrogen) atoms. The van der Waals surface area contributed by atoms with Gasteiger partial charge in [-0.1, -0.05) is 13.8 Å². The average molecular weight is 357 g/mol. The number of aromatic nitrogens is 1. The zero-order chi connectivity index (χ0) is 14.4. The van der Waals surface area contributed by atoms with Crippen LogP contribution in [0.4, 0.5) is 0 Å². The molecular weight excluding hydrogens is 331 g/mol. The molecule has 1 aromatic heterocycles. The van der Waals surface area contributed by atoms with Gasteiger partial charge in [0.25, 0.3) is 0 Å². The largest absolute Gasteiger partial charge is 0.460 e. The number of ether oxygens (including phenoxy) is 1. The van der Waals surface area contributed by atoms with Crippen LogP contribution in [0.2, 0.25) is 0 Å². The van der Waals surface area contributed by atoms with Crippen molar-refractivity contribution in [1.82, 2.24) is 4.98 Å². The Morgan fingerprint density at radius 2 is 1.95 bits per heavy atom. The van der Waals surface area contributed by atoms with Crippen molar-refractivity contribution >= 4 is 42.1 Å². The minimum absolute atomic E-state index is 0. The molecule has 7 heteroatoms. The van der Waals surface area contributed by atoms with Crippen LogP contribution >= 0.6 is 36.2 Å². The fraction of sp³-hybridized carbons (Fsp3) is 0.714. The third-order valence-electron chi connectivity index (χ3n) is 2.96. The number of rotatable bonds is 7. The Bertz CT molecular complexity index is 425. The predicted octanol–water partition coefficient (Wildman–Crippen LogP) is 3.66. The lowest BCUT2D eigenvalue weighted by molar-refractivity contribution is -0.146. The molecule has 1 aromatic rings. The molecule has 0 spiro atoms. The van der Waals surface area contributed by atoms with E-state index in [4.69, 9.17) is 10.5 Å². The van der Waals surface area contributed by atoms with E-state index in [9.17, 15) is 4.79 Å². The second-order valence-corrected chi connectivity index (χ2v) is 6.63. The highest BCUT2D eigenvalue weighted by molar-refractivity contribution is 7.11. The Labute approximate surface area is 143 Å². The maximum Gasteiger partial charge on any atom is 0.306 e. The molecule has 2 N–H and O–H groups in total. The molecule has 1 heterocycles. The third-order valence-corrected chi connectivity index (χ3v) is 4.00. The van der Waals surface area contributed by atoms with Gasteiger partial charge in [-0.15, -0.1) is 36.2 Å². The molecule has 124 valence electrons. The van der Waals surface area contributed by atoms with Gasteiger partial charge in [-0.25, -0.2) is 4.98 Å². The second-order valence-electron chi connectivity index (χ2n) is 5.34. The molecule has 1 rings (SSSR count). The number of hydrogen-bond acceptors (Lipinski definition) is 5. The van der Waals surface area contributed by atoms with E-state index in [2.05, 4.69) is 18.8 Å². The fourth-order valence-electron chi connectivity index (χ4n) is 2.08. The van der Waals surface area contributed by atoms with E-state index in [0.717, 1.165) is 22.0 Å². The summed E-state index contributed by atoms with van der Waals surface area (Å²) in [5, 5.41) is 1.00. The van der Waals surface area contributed by atoms with Gasteiger partial charge in [-0.3, -0.25) is 4.79 Å². The van der Waals surface area contributed by atoms with Crippen LogP contribution < -0.4 is 5.73 Å². The Morgan fingerprint density at radius 3 is 2.38 bits per heavy atom. The van der Waals surface area contributed by atoms with Crippen LogP contribution in [0.5, 0.6) is 0 Å². The first-order chi connectivity index (χ1) is 8.92. The van der Waals surface area contributed by atoms with E-state index in [1.54, 1.807) is 11.3 Å². The molecule has 0 unspecified atom stereocenters. The lowest BCUT2D eigenvalue weighted by Crippen LogP contribution is -2.21. The van der Waals surface area contributed by atoms with E-state index >= 15 is 0 Å². The zero-order valence-corrected chi connectivity index (χ0v) is 15.5. The van der Waals surface area contributed by atoms with Gasteiger partial charge in [0.2, 0.25) is 0 Å². The Hall–Kier alpha value is -0.360. The fourth-order valence-corrected chi connectivity index (χ4v) is 2.93. The second kappa shape index (κ2) is 11.2. The lowest BCUT2D eigenvalue weighted by Gasteiger charge is -2.15. The van der Waals surface area contributed by atoms with Crippen LogP contribution in [0.15, 0.2) is 0 Å². The highest BCUT2D eigenvalue weighted by atomic mass is 35.5. The van der Waals surface area contributed by atoms with Crippen molar-refractivity contribution in [2.24, 2.45) is 17.6 Å². The number of carbonyl (C=O) groups is 1. The summed E-state index contributed by atoms with van der Waals surface area (Å²) in [7, 11) is 0. The molecule has 0 radical (unpaired) electrons. The van der Waals surface area contributed by atoms with Gasteiger partial charge in [0.1, 0.15) is 6.61 Å². The smallest absolute Gasteiger partial charge is 0.306 e. The summed E-state index contributed by atoms with van der Waals surface area (Å²) >= 11 is 1.58. The number of thiazole rings is 1. The Kier molecular flexibility index (Phi) is 12.3. The lowest BCUT2D eigenvalue weighted by atomic mass is 9.94. The van der Waals surface area contributed by atoms with Crippen molar-refractivity contribution in [3.05, 3.63) is 15.6 Å². The highest BCUT2D eigenvalue weighted by Gasteiger charge is 2.16. The number of esters is 1. The van der Waals surface area contributed by atoms with E-state index < -0.39 is 0 Å². The van der Waals surface area contributed by atoms with Crippen molar-refractivity contribution in [3.63, 3.8) is 0 Å². The van der Waals surface area contributed by atoms with Gasteiger partial charge >= 0.3 is 5.97 Å². The summed E-state index contributed by atoms with van der Waals surface area (Å²) < 4.78 is 5.31. The van der Waals surface area contributed by atoms with Crippen molar-refractivity contribution in [3.8, 4) is 0 Å². The number of hydrogen-bond donors (Lipinski definition) is 1. The Balaban J connectivity index is 0. The maximum atomic E-state index is 11.8. The van der Waals surface area contributed by atoms with Gasteiger partial charge in [-0.2, -0.15) is 0 Å². The monoisotopic (exact) mass is 356 g/mol. The Morgan fingerprint density at radius 1 is 1.33 bits per heavy atom. The number of aryl methyl sites for hydroxylation is 2. The molecule has 1 atom stereocenters. The van der Waals surface area contributed by atoms with Crippen LogP contribution in [-0.2, 0) is 16.1 Å². The summed E-state index contributed by atoms with van der Waals surface area (Å²) in [5.41, 5.74) is 6.64. The number of nitrogens with zero attached hydrogens (tertiary/aromatic N) is 1. The van der Waals surface area contributed by atoms with E-state index in [-0.39, 0.29) is 36.7 Å². The first kappa shape index (κ1) is 22.9. The molecule has 4 nitrogen and oxygen atoms in total. The van der Waals surface area contributed by atoms with Gasteiger partial charge in [-0.05, 0) is 38.6 Å². The van der Waals surface area contributed by atoms with Gasteiger partial charge < -0.3 is 10.5 Å². The predicted molar refractivity (Wildman–Crippen MR) is 92.5 cm³/mol. The topological polar surface area (TPSA) is 65.2 Å². The van der Waals surface area contributed by atoms with Crippen LogP contribution in [0.3, 0.4) is 0 Å². The van der Waals surface area contributed by atoms with Crippen molar-refractivity contribution in [1.29, 1.82) is 0 Å². The van der Waals surface area contributed by atoms with Gasteiger partial charge in [0, 0.05) is 6.42 Å².